The van der Waals surface area contributed by atoms with E-state index >= 15 is 0 Å². The van der Waals surface area contributed by atoms with Crippen molar-refractivity contribution >= 4 is 44.6 Å². The first kappa shape index (κ1) is 33.0. The molecule has 1 aliphatic heterocycles. The summed E-state index contributed by atoms with van der Waals surface area (Å²) in [5.41, 5.74) is 14.2. The van der Waals surface area contributed by atoms with Crippen LogP contribution in [0.4, 0.5) is 22.7 Å². The highest BCUT2D eigenvalue weighted by atomic mass is 16.5. The molecule has 0 amide bonds. The van der Waals surface area contributed by atoms with Crippen molar-refractivity contribution in [2.45, 2.75) is 13.8 Å². The number of hydrogen-bond acceptors (Lipinski definition) is 4. The first-order valence-electron chi connectivity index (χ1n) is 22.1. The highest BCUT2D eigenvalue weighted by Crippen LogP contribution is 2.50. The number of rotatable bonds is 8. The number of para-hydroxylation sites is 4. The molecule has 292 valence electrons. The first-order valence-corrected chi connectivity index (χ1v) is 20.6. The molecule has 10 aromatic rings. The lowest BCUT2D eigenvalue weighted by Gasteiger charge is -2.27. The maximum absolute atomic E-state index is 9.30. The molecule has 8 aromatic carbocycles. The molecule has 0 N–H and O–H groups in total. The van der Waals surface area contributed by atoms with Gasteiger partial charge in [0.15, 0.2) is 0 Å². The van der Waals surface area contributed by atoms with Crippen LogP contribution in [0.15, 0.2) is 206 Å². The number of pyridine rings is 1. The van der Waals surface area contributed by atoms with Crippen molar-refractivity contribution in [3.8, 4) is 50.7 Å². The lowest BCUT2D eigenvalue weighted by atomic mass is 9.95. The first-order chi connectivity index (χ1) is 31.3. The highest BCUT2D eigenvalue weighted by molar-refractivity contribution is 6.09. The van der Waals surface area contributed by atoms with Crippen molar-refractivity contribution < 1.29 is 8.85 Å². The molecule has 0 aliphatic carbocycles. The second-order valence-electron chi connectivity index (χ2n) is 15.5. The lowest BCUT2D eigenvalue weighted by molar-refractivity contribution is 0.483. The Labute approximate surface area is 360 Å². The second kappa shape index (κ2) is 15.0. The zero-order chi connectivity index (χ0) is 43.5. The quantitative estimate of drug-likeness (QED) is 0.154. The minimum Gasteiger partial charge on any atom is -0.457 e. The third kappa shape index (κ3) is 6.48. The van der Waals surface area contributed by atoms with Crippen molar-refractivity contribution in [1.82, 2.24) is 9.55 Å². The van der Waals surface area contributed by atoms with Crippen LogP contribution in [0.2, 0.25) is 0 Å². The van der Waals surface area contributed by atoms with E-state index in [-0.39, 0.29) is 23.9 Å². The fraction of sp³-hybridized carbons (Fsp3) is 0.0536. The third-order valence-electron chi connectivity index (χ3n) is 11.7. The van der Waals surface area contributed by atoms with E-state index in [4.69, 9.17) is 12.5 Å². The second-order valence-corrected chi connectivity index (χ2v) is 15.5. The number of nitrogens with zero attached hydrogens (tertiary/aromatic N) is 4. The predicted molar refractivity (Wildman–Crippen MR) is 253 cm³/mol. The van der Waals surface area contributed by atoms with Gasteiger partial charge < -0.3 is 14.5 Å². The van der Waals surface area contributed by atoms with Gasteiger partial charge >= 0.3 is 0 Å². The van der Waals surface area contributed by atoms with Gasteiger partial charge in [-0.2, -0.15) is 0 Å². The topological polar surface area (TPSA) is 33.5 Å². The lowest BCUT2D eigenvalue weighted by Crippen LogP contribution is -2.24. The summed E-state index contributed by atoms with van der Waals surface area (Å²) in [7, 11) is 0. The molecule has 0 saturated heterocycles. The van der Waals surface area contributed by atoms with Crippen LogP contribution < -0.4 is 14.5 Å². The van der Waals surface area contributed by atoms with Gasteiger partial charge in [0.2, 0.25) is 0 Å². The van der Waals surface area contributed by atoms with Gasteiger partial charge in [0, 0.05) is 51.5 Å². The Morgan fingerprint density at radius 1 is 0.525 bits per heavy atom. The van der Waals surface area contributed by atoms with Gasteiger partial charge in [-0.05, 0) is 84.6 Å². The Morgan fingerprint density at radius 2 is 1.16 bits per heavy atom. The predicted octanol–water partition coefficient (Wildman–Crippen LogP) is 14.8. The summed E-state index contributed by atoms with van der Waals surface area (Å²) >= 11 is 0. The number of anilines is 4. The summed E-state index contributed by atoms with van der Waals surface area (Å²) in [4.78, 5) is 9.38. The fourth-order valence-electron chi connectivity index (χ4n) is 8.79. The summed E-state index contributed by atoms with van der Waals surface area (Å²) in [5.74, 6) is 1.49. The highest BCUT2D eigenvalue weighted by Gasteiger charge is 2.31. The van der Waals surface area contributed by atoms with E-state index in [2.05, 4.69) is 150 Å². The van der Waals surface area contributed by atoms with Crippen LogP contribution in [0.25, 0.3) is 61.0 Å². The number of aryl methyl sites for hydroxylation is 2. The van der Waals surface area contributed by atoms with Crippen LogP contribution in [0.5, 0.6) is 11.5 Å². The number of aromatic nitrogens is 2. The van der Waals surface area contributed by atoms with Gasteiger partial charge in [0.25, 0.3) is 0 Å². The Hall–Kier alpha value is -7.89. The van der Waals surface area contributed by atoms with Gasteiger partial charge in [-0.1, -0.05) is 145 Å². The average Bonchev–Trinajstić information content (AvgIpc) is 3.88. The monoisotopic (exact) mass is 789 g/mol. The van der Waals surface area contributed by atoms with Crippen LogP contribution >= 0.6 is 0 Å². The van der Waals surface area contributed by atoms with Crippen molar-refractivity contribution in [1.29, 1.82) is 0 Å². The van der Waals surface area contributed by atoms with Crippen molar-refractivity contribution in [2.75, 3.05) is 16.5 Å². The maximum atomic E-state index is 9.30. The van der Waals surface area contributed by atoms with E-state index < -0.39 is 0 Å². The van der Waals surface area contributed by atoms with Crippen molar-refractivity contribution in [3.05, 3.63) is 217 Å². The molecule has 5 heteroatoms. The van der Waals surface area contributed by atoms with Gasteiger partial charge in [0.1, 0.15) is 24.0 Å². The summed E-state index contributed by atoms with van der Waals surface area (Å²) in [5, 5.41) is 2.13. The van der Waals surface area contributed by atoms with E-state index in [0.29, 0.717) is 18.1 Å². The summed E-state index contributed by atoms with van der Waals surface area (Å²) < 4.78 is 36.3. The molecule has 1 aliphatic rings. The number of ether oxygens (including phenoxy) is 1. The number of hydrogen-bond donors (Lipinski definition) is 0. The van der Waals surface area contributed by atoms with Gasteiger partial charge in [-0.3, -0.25) is 4.57 Å². The van der Waals surface area contributed by atoms with Crippen LogP contribution in [0.3, 0.4) is 0 Å². The summed E-state index contributed by atoms with van der Waals surface area (Å²) in [6, 6.07) is 61.7. The van der Waals surface area contributed by atoms with Gasteiger partial charge in [-0.15, -0.1) is 0 Å². The van der Waals surface area contributed by atoms with E-state index in [9.17, 15) is 1.37 Å². The Kier molecular flexibility index (Phi) is 8.14. The third-order valence-corrected chi connectivity index (χ3v) is 11.7. The molecule has 0 atom stereocenters. The normalized spacial score (nSPS) is 13.0. The molecule has 3 heterocycles. The standard InChI is InChI=1S/C56H42N4O/c1-38-27-29-42(30-28-38)50-36-57-55(33-39(50)2)60-51-24-10-9-21-48(51)49-32-31-45(35-54(49)60)61-44-20-13-19-43(34-44)58-37-59(53-26-12-11-25-52(53)58)56-46(40-15-5-3-6-16-40)22-14-23-47(56)41-17-7-4-8-18-41/h3-36H,37H2,1-2H3/i13D,19D,20D. The molecule has 0 fully saturated rings. The molecular formula is C56H42N4O. The Bertz CT molecular complexity index is 3350. The summed E-state index contributed by atoms with van der Waals surface area (Å²) in [6.45, 7) is 4.58. The van der Waals surface area contributed by atoms with E-state index in [1.165, 1.54) is 5.56 Å². The van der Waals surface area contributed by atoms with Crippen LogP contribution in [-0.4, -0.2) is 16.2 Å². The minimum absolute atomic E-state index is 0.0419. The number of benzene rings is 8. The van der Waals surface area contributed by atoms with E-state index in [1.807, 2.05) is 60.8 Å². The molecule has 0 unspecified atom stereocenters. The average molecular weight is 790 g/mol. The van der Waals surface area contributed by atoms with Crippen molar-refractivity contribution in [3.63, 3.8) is 0 Å². The van der Waals surface area contributed by atoms with Gasteiger partial charge in [0.05, 0.1) is 32.2 Å². The van der Waals surface area contributed by atoms with Crippen molar-refractivity contribution in [2.24, 2.45) is 0 Å². The molecule has 0 saturated carbocycles. The Balaban J connectivity index is 1.00. The fourth-order valence-corrected chi connectivity index (χ4v) is 8.79. The zero-order valence-corrected chi connectivity index (χ0v) is 33.8. The van der Waals surface area contributed by atoms with E-state index in [0.717, 1.165) is 83.6 Å². The molecule has 5 nitrogen and oxygen atoms in total. The largest absolute Gasteiger partial charge is 0.457 e. The summed E-state index contributed by atoms with van der Waals surface area (Å²) in [6.07, 6.45) is 1.95. The Morgan fingerprint density at radius 3 is 1.89 bits per heavy atom. The molecule has 0 bridgehead atoms. The minimum atomic E-state index is -0.207. The SMILES string of the molecule is [2H]c1c(Oc2ccc3c4ccccc4n(-c4cc(C)c(-c5ccc(C)cc5)cn4)c3c2)cc(N2CN(c3c(-c4ccccc4)cccc3-c3ccccc3)c3ccccc32)c([2H])c1[2H]. The molecular weight excluding hydrogens is 745 g/mol. The maximum Gasteiger partial charge on any atom is 0.137 e. The zero-order valence-electron chi connectivity index (χ0n) is 36.8. The molecule has 2 aromatic heterocycles. The number of fused-ring (bicyclic) bond motifs is 4. The smallest absolute Gasteiger partial charge is 0.137 e. The molecule has 11 rings (SSSR count). The van der Waals surface area contributed by atoms with E-state index in [1.54, 1.807) is 6.07 Å². The van der Waals surface area contributed by atoms with Crippen LogP contribution in [-0.2, 0) is 0 Å². The van der Waals surface area contributed by atoms with Crippen LogP contribution in [0, 0.1) is 13.8 Å². The molecule has 0 radical (unpaired) electrons. The molecule has 61 heavy (non-hydrogen) atoms. The van der Waals surface area contributed by atoms with Crippen LogP contribution in [0.1, 0.15) is 15.2 Å². The van der Waals surface area contributed by atoms with Gasteiger partial charge in [-0.25, -0.2) is 4.98 Å². The molecule has 0 spiro atoms.